The van der Waals surface area contributed by atoms with E-state index in [4.69, 9.17) is 4.74 Å². The number of nitro groups is 1. The molecule has 0 unspecified atom stereocenters. The van der Waals surface area contributed by atoms with Gasteiger partial charge in [0.05, 0.1) is 29.4 Å². The average Bonchev–Trinajstić information content (AvgIpc) is 3.31. The first-order valence-electron chi connectivity index (χ1n) is 9.95. The fourth-order valence-corrected chi connectivity index (χ4v) is 5.20. The molecule has 4 atom stereocenters. The maximum Gasteiger partial charge on any atom is 0.270 e. The highest BCUT2D eigenvalue weighted by Gasteiger charge is 2.42. The Kier molecular flexibility index (Phi) is 5.04. The van der Waals surface area contributed by atoms with Crippen LogP contribution in [0.2, 0.25) is 0 Å². The monoisotopic (exact) mass is 373 g/mol. The summed E-state index contributed by atoms with van der Waals surface area (Å²) in [6.07, 6.45) is 5.08. The number of carbonyl (C=O) groups excluding carboxylic acids is 1. The number of benzene rings is 1. The summed E-state index contributed by atoms with van der Waals surface area (Å²) in [5.41, 5.74) is 1.09. The van der Waals surface area contributed by atoms with E-state index >= 15 is 0 Å². The van der Waals surface area contributed by atoms with E-state index in [0.29, 0.717) is 43.7 Å². The van der Waals surface area contributed by atoms with Crippen molar-refractivity contribution >= 4 is 17.3 Å². The van der Waals surface area contributed by atoms with Crippen molar-refractivity contribution in [2.24, 2.45) is 17.8 Å². The lowest BCUT2D eigenvalue weighted by Gasteiger charge is -2.31. The van der Waals surface area contributed by atoms with Crippen molar-refractivity contribution in [2.75, 3.05) is 31.2 Å². The SMILES string of the molecule is C[C@@H](NC(=O)c1cc([N+](=O)[O-])ccc1N1CCOCC1)[C@@H]1C[C@H]2CC[C@H]1C2. The van der Waals surface area contributed by atoms with Gasteiger partial charge < -0.3 is 15.0 Å². The Morgan fingerprint density at radius 3 is 2.70 bits per heavy atom. The summed E-state index contributed by atoms with van der Waals surface area (Å²) in [6.45, 7) is 4.63. The van der Waals surface area contributed by atoms with Crippen LogP contribution < -0.4 is 10.2 Å². The van der Waals surface area contributed by atoms with Gasteiger partial charge in [-0.3, -0.25) is 14.9 Å². The van der Waals surface area contributed by atoms with Gasteiger partial charge in [-0.2, -0.15) is 0 Å². The van der Waals surface area contributed by atoms with Gasteiger partial charge in [-0.25, -0.2) is 0 Å². The van der Waals surface area contributed by atoms with Crippen molar-refractivity contribution in [3.63, 3.8) is 0 Å². The van der Waals surface area contributed by atoms with E-state index in [0.717, 1.165) is 11.6 Å². The third-order valence-corrected chi connectivity index (χ3v) is 6.58. The molecule has 0 radical (unpaired) electrons. The Morgan fingerprint density at radius 1 is 1.30 bits per heavy atom. The lowest BCUT2D eigenvalue weighted by Crippen LogP contribution is -2.42. The molecule has 2 saturated carbocycles. The molecular weight excluding hydrogens is 346 g/mol. The molecule has 1 saturated heterocycles. The van der Waals surface area contributed by atoms with E-state index in [-0.39, 0.29) is 17.6 Å². The van der Waals surface area contributed by atoms with Crippen LogP contribution in [0.4, 0.5) is 11.4 Å². The predicted octanol–water partition coefficient (Wildman–Crippen LogP) is 2.99. The van der Waals surface area contributed by atoms with Crippen LogP contribution in [0.15, 0.2) is 18.2 Å². The number of ether oxygens (including phenoxy) is 1. The molecule has 1 N–H and O–H groups in total. The highest BCUT2D eigenvalue weighted by molar-refractivity contribution is 6.00. The summed E-state index contributed by atoms with van der Waals surface area (Å²) in [5, 5.41) is 14.4. The average molecular weight is 373 g/mol. The number of nitrogens with one attached hydrogen (secondary N) is 1. The molecule has 27 heavy (non-hydrogen) atoms. The number of amides is 1. The fraction of sp³-hybridized carbons (Fsp3) is 0.650. The lowest BCUT2D eigenvalue weighted by molar-refractivity contribution is -0.384. The number of morpholine rings is 1. The number of carbonyl (C=O) groups is 1. The van der Waals surface area contributed by atoms with Crippen LogP contribution in [0.1, 0.15) is 43.0 Å². The minimum atomic E-state index is -0.445. The van der Waals surface area contributed by atoms with Crippen LogP contribution in [-0.2, 0) is 4.74 Å². The van der Waals surface area contributed by atoms with Gasteiger partial charge in [0.15, 0.2) is 0 Å². The number of hydrogen-bond donors (Lipinski definition) is 1. The van der Waals surface area contributed by atoms with Gasteiger partial charge in [0.2, 0.25) is 0 Å². The molecule has 3 aliphatic rings. The molecule has 2 aliphatic carbocycles. The van der Waals surface area contributed by atoms with Crippen molar-refractivity contribution in [3.8, 4) is 0 Å². The zero-order chi connectivity index (χ0) is 19.0. The second kappa shape index (κ2) is 7.46. The van der Waals surface area contributed by atoms with Crippen molar-refractivity contribution in [1.82, 2.24) is 5.32 Å². The number of fused-ring (bicyclic) bond motifs is 2. The van der Waals surface area contributed by atoms with Crippen molar-refractivity contribution < 1.29 is 14.5 Å². The highest BCUT2D eigenvalue weighted by atomic mass is 16.6. The summed E-state index contributed by atoms with van der Waals surface area (Å²) < 4.78 is 5.39. The van der Waals surface area contributed by atoms with Gasteiger partial charge in [-0.15, -0.1) is 0 Å². The standard InChI is InChI=1S/C20H27N3O4/c1-13(17-11-14-2-3-15(17)10-14)21-20(24)18-12-16(23(25)26)4-5-19(18)22-6-8-27-9-7-22/h4-5,12-15,17H,2-3,6-11H2,1H3,(H,21,24)/t13-,14+,15+,17+/m1/s1. The van der Waals surface area contributed by atoms with Crippen molar-refractivity contribution in [2.45, 2.75) is 38.6 Å². The fourth-order valence-electron chi connectivity index (χ4n) is 5.20. The molecule has 3 fully saturated rings. The van der Waals surface area contributed by atoms with Gasteiger partial charge >= 0.3 is 0 Å². The van der Waals surface area contributed by atoms with Gasteiger partial charge in [-0.05, 0) is 50.0 Å². The molecule has 7 nitrogen and oxygen atoms in total. The van der Waals surface area contributed by atoms with Gasteiger partial charge in [0.25, 0.3) is 11.6 Å². The second-order valence-electron chi connectivity index (χ2n) is 8.16. The second-order valence-corrected chi connectivity index (χ2v) is 8.16. The highest BCUT2D eigenvalue weighted by Crippen LogP contribution is 2.49. The summed E-state index contributed by atoms with van der Waals surface area (Å²) in [5.74, 6) is 1.85. The van der Waals surface area contributed by atoms with E-state index in [1.165, 1.54) is 37.8 Å². The zero-order valence-corrected chi connectivity index (χ0v) is 15.7. The Labute approximate surface area is 159 Å². The molecule has 1 amide bonds. The maximum absolute atomic E-state index is 13.1. The number of hydrogen-bond acceptors (Lipinski definition) is 5. The van der Waals surface area contributed by atoms with E-state index in [2.05, 4.69) is 17.1 Å². The largest absolute Gasteiger partial charge is 0.378 e. The predicted molar refractivity (Wildman–Crippen MR) is 102 cm³/mol. The first kappa shape index (κ1) is 18.2. The number of nitro benzene ring substituents is 1. The van der Waals surface area contributed by atoms with E-state index in [1.807, 2.05) is 0 Å². The van der Waals surface area contributed by atoms with Gasteiger partial charge in [0.1, 0.15) is 0 Å². The molecule has 4 rings (SSSR count). The van der Waals surface area contributed by atoms with Gasteiger partial charge in [0, 0.05) is 31.3 Å². The first-order chi connectivity index (χ1) is 13.0. The van der Waals surface area contributed by atoms with Crippen LogP contribution in [0.25, 0.3) is 0 Å². The third kappa shape index (κ3) is 3.65. The third-order valence-electron chi connectivity index (χ3n) is 6.58. The van der Waals surface area contributed by atoms with Crippen LogP contribution in [0.5, 0.6) is 0 Å². The van der Waals surface area contributed by atoms with Crippen LogP contribution in [0.3, 0.4) is 0 Å². The topological polar surface area (TPSA) is 84.7 Å². The first-order valence-corrected chi connectivity index (χ1v) is 9.95. The minimum Gasteiger partial charge on any atom is -0.378 e. The number of anilines is 1. The molecule has 1 aromatic rings. The van der Waals surface area contributed by atoms with Crippen molar-refractivity contribution in [3.05, 3.63) is 33.9 Å². The van der Waals surface area contributed by atoms with E-state index in [1.54, 1.807) is 6.07 Å². The van der Waals surface area contributed by atoms with Crippen molar-refractivity contribution in [1.29, 1.82) is 0 Å². The van der Waals surface area contributed by atoms with Gasteiger partial charge in [-0.1, -0.05) is 6.42 Å². The molecule has 0 aromatic heterocycles. The molecule has 0 spiro atoms. The summed E-state index contributed by atoms with van der Waals surface area (Å²) in [7, 11) is 0. The summed E-state index contributed by atoms with van der Waals surface area (Å²) in [6, 6.07) is 4.67. The van der Waals surface area contributed by atoms with Crippen LogP contribution >= 0.6 is 0 Å². The minimum absolute atomic E-state index is 0.0512. The molecule has 1 aliphatic heterocycles. The van der Waals surface area contributed by atoms with Crippen LogP contribution in [0, 0.1) is 27.9 Å². The lowest BCUT2D eigenvalue weighted by atomic mass is 9.84. The van der Waals surface area contributed by atoms with E-state index in [9.17, 15) is 14.9 Å². The summed E-state index contributed by atoms with van der Waals surface area (Å²) >= 11 is 0. The molecule has 2 bridgehead atoms. The van der Waals surface area contributed by atoms with E-state index < -0.39 is 4.92 Å². The maximum atomic E-state index is 13.1. The quantitative estimate of drug-likeness (QED) is 0.633. The Hall–Kier alpha value is -2.15. The smallest absolute Gasteiger partial charge is 0.270 e. The van der Waals surface area contributed by atoms with Crippen LogP contribution in [-0.4, -0.2) is 43.2 Å². The number of nitrogens with zero attached hydrogens (tertiary/aromatic N) is 2. The summed E-state index contributed by atoms with van der Waals surface area (Å²) in [4.78, 5) is 25.9. The zero-order valence-electron chi connectivity index (χ0n) is 15.7. The Morgan fingerprint density at radius 2 is 2.07 bits per heavy atom. The normalized spacial score (nSPS) is 28.2. The molecule has 146 valence electrons. The number of non-ortho nitro benzene ring substituents is 1. The molecular formula is C20H27N3O4. The molecule has 1 heterocycles. The molecule has 1 aromatic carbocycles. The molecule has 7 heteroatoms. The Balaban J connectivity index is 1.55. The number of rotatable bonds is 5. The Bertz CT molecular complexity index is 732.